The average molecular weight is 341 g/mol. The Morgan fingerprint density at radius 1 is 1.32 bits per heavy atom. The van der Waals surface area contributed by atoms with Gasteiger partial charge in [0.05, 0.1) is 0 Å². The molecule has 0 saturated heterocycles. The zero-order valence-corrected chi connectivity index (χ0v) is 15.4. The van der Waals surface area contributed by atoms with Crippen LogP contribution in [0.2, 0.25) is 0 Å². The van der Waals surface area contributed by atoms with Crippen molar-refractivity contribution >= 4 is 11.6 Å². The molecule has 0 bridgehead atoms. The summed E-state index contributed by atoms with van der Waals surface area (Å²) in [5.74, 6) is 1.54. The van der Waals surface area contributed by atoms with Crippen molar-refractivity contribution in [2.24, 2.45) is 0 Å². The van der Waals surface area contributed by atoms with Gasteiger partial charge in [-0.3, -0.25) is 4.79 Å². The molecule has 134 valence electrons. The largest absolute Gasteiger partial charge is 0.425 e. The molecule has 2 aromatic rings. The summed E-state index contributed by atoms with van der Waals surface area (Å²) in [4.78, 5) is 15.0. The Bertz CT molecular complexity index is 723. The van der Waals surface area contributed by atoms with Crippen LogP contribution < -0.4 is 4.90 Å². The number of hydrogen-bond donors (Lipinski definition) is 0. The second-order valence-corrected chi connectivity index (χ2v) is 7.06. The van der Waals surface area contributed by atoms with E-state index in [0.717, 1.165) is 31.4 Å². The van der Waals surface area contributed by atoms with E-state index < -0.39 is 0 Å². The van der Waals surface area contributed by atoms with E-state index in [0.29, 0.717) is 30.7 Å². The Morgan fingerprint density at radius 2 is 2.12 bits per heavy atom. The van der Waals surface area contributed by atoms with E-state index in [4.69, 9.17) is 4.42 Å². The van der Waals surface area contributed by atoms with Crippen LogP contribution in [0, 0.1) is 0 Å². The highest BCUT2D eigenvalue weighted by Crippen LogP contribution is 2.33. The maximum Gasteiger partial charge on any atom is 0.227 e. The molecule has 1 aromatic heterocycles. The number of hydrogen-bond acceptors (Lipinski definition) is 4. The van der Waals surface area contributed by atoms with Crippen molar-refractivity contribution in [2.45, 2.75) is 71.3 Å². The Kier molecular flexibility index (Phi) is 5.51. The van der Waals surface area contributed by atoms with Gasteiger partial charge < -0.3 is 9.32 Å². The van der Waals surface area contributed by atoms with Gasteiger partial charge in [-0.15, -0.1) is 10.2 Å². The van der Waals surface area contributed by atoms with Gasteiger partial charge in [-0.05, 0) is 30.9 Å². The molecule has 1 amide bonds. The van der Waals surface area contributed by atoms with Gasteiger partial charge in [0.1, 0.15) is 0 Å². The van der Waals surface area contributed by atoms with Crippen molar-refractivity contribution in [3.8, 4) is 0 Å². The Labute approximate surface area is 149 Å². The molecule has 1 aromatic carbocycles. The maximum absolute atomic E-state index is 13.0. The first-order valence-corrected chi connectivity index (χ1v) is 9.32. The second kappa shape index (κ2) is 7.81. The normalized spacial score (nSPS) is 17.0. The summed E-state index contributed by atoms with van der Waals surface area (Å²) >= 11 is 0. The standard InChI is InChI=1S/C20H27N3O2/c1-4-7-16-11-10-15-8-5-6-9-17(15)23(16)19(24)13-12-18-21-22-20(25-18)14(2)3/h5-6,8-9,14,16H,4,7,10-13H2,1-3H3/t16-/m0/s1. The first kappa shape index (κ1) is 17.6. The van der Waals surface area contributed by atoms with Crippen LogP contribution in [0.1, 0.15) is 69.7 Å². The van der Waals surface area contributed by atoms with Gasteiger partial charge in [-0.1, -0.05) is 45.4 Å². The average Bonchev–Trinajstić information content (AvgIpc) is 3.09. The molecular weight excluding hydrogens is 314 g/mol. The third-order valence-corrected chi connectivity index (χ3v) is 4.78. The number of carbonyl (C=O) groups is 1. The van der Waals surface area contributed by atoms with Crippen molar-refractivity contribution in [2.75, 3.05) is 4.90 Å². The number of aromatic nitrogens is 2. The molecule has 3 rings (SSSR count). The summed E-state index contributed by atoms with van der Waals surface area (Å²) in [7, 11) is 0. The Morgan fingerprint density at radius 3 is 2.84 bits per heavy atom. The molecule has 0 N–H and O–H groups in total. The quantitative estimate of drug-likeness (QED) is 0.787. The first-order valence-electron chi connectivity index (χ1n) is 9.32. The molecule has 25 heavy (non-hydrogen) atoms. The van der Waals surface area contributed by atoms with E-state index in [9.17, 15) is 4.79 Å². The summed E-state index contributed by atoms with van der Waals surface area (Å²) in [6.07, 6.45) is 5.10. The predicted molar refractivity (Wildman–Crippen MR) is 97.7 cm³/mol. The number of rotatable bonds is 6. The van der Waals surface area contributed by atoms with E-state index >= 15 is 0 Å². The van der Waals surface area contributed by atoms with Gasteiger partial charge in [0.2, 0.25) is 17.7 Å². The molecule has 0 unspecified atom stereocenters. The maximum atomic E-state index is 13.0. The van der Waals surface area contributed by atoms with Crippen molar-refractivity contribution in [1.82, 2.24) is 10.2 Å². The number of fused-ring (bicyclic) bond motifs is 1. The van der Waals surface area contributed by atoms with Crippen LogP contribution in [0.5, 0.6) is 0 Å². The molecule has 1 aliphatic heterocycles. The highest BCUT2D eigenvalue weighted by atomic mass is 16.4. The lowest BCUT2D eigenvalue weighted by molar-refractivity contribution is -0.119. The molecular formula is C20H27N3O2. The number of carbonyl (C=O) groups excluding carboxylic acids is 1. The summed E-state index contributed by atoms with van der Waals surface area (Å²) in [6, 6.07) is 8.55. The lowest BCUT2D eigenvalue weighted by Crippen LogP contribution is -2.43. The molecule has 0 fully saturated rings. The Hall–Kier alpha value is -2.17. The molecule has 0 radical (unpaired) electrons. The van der Waals surface area contributed by atoms with Gasteiger partial charge in [-0.25, -0.2) is 0 Å². The lowest BCUT2D eigenvalue weighted by Gasteiger charge is -2.37. The third kappa shape index (κ3) is 3.91. The molecule has 2 heterocycles. The minimum absolute atomic E-state index is 0.148. The van der Waals surface area contributed by atoms with Crippen molar-refractivity contribution < 1.29 is 9.21 Å². The van der Waals surface area contributed by atoms with Crippen molar-refractivity contribution in [3.63, 3.8) is 0 Å². The summed E-state index contributed by atoms with van der Waals surface area (Å²) in [6.45, 7) is 6.21. The van der Waals surface area contributed by atoms with Crippen molar-refractivity contribution in [3.05, 3.63) is 41.6 Å². The number of anilines is 1. The fourth-order valence-electron chi connectivity index (χ4n) is 3.49. The molecule has 1 atom stereocenters. The fourth-order valence-corrected chi connectivity index (χ4v) is 3.49. The first-order chi connectivity index (χ1) is 12.1. The predicted octanol–water partition coefficient (Wildman–Crippen LogP) is 4.27. The molecule has 5 nitrogen and oxygen atoms in total. The molecule has 0 saturated carbocycles. The monoisotopic (exact) mass is 341 g/mol. The minimum atomic E-state index is 0.148. The minimum Gasteiger partial charge on any atom is -0.425 e. The molecule has 0 aliphatic carbocycles. The van der Waals surface area contributed by atoms with Gasteiger partial charge in [0.25, 0.3) is 0 Å². The van der Waals surface area contributed by atoms with Gasteiger partial charge >= 0.3 is 0 Å². The highest BCUT2D eigenvalue weighted by molar-refractivity contribution is 5.95. The van der Waals surface area contributed by atoms with E-state index in [1.807, 2.05) is 30.9 Å². The van der Waals surface area contributed by atoms with Crippen LogP contribution in [-0.4, -0.2) is 22.1 Å². The van der Waals surface area contributed by atoms with Crippen LogP contribution in [0.15, 0.2) is 28.7 Å². The van der Waals surface area contributed by atoms with Gasteiger partial charge in [0, 0.05) is 30.5 Å². The SMILES string of the molecule is CCC[C@H]1CCc2ccccc2N1C(=O)CCc1nnc(C(C)C)o1. The highest BCUT2D eigenvalue weighted by Gasteiger charge is 2.30. The number of aryl methyl sites for hydroxylation is 2. The van der Waals surface area contributed by atoms with Gasteiger partial charge in [0.15, 0.2) is 0 Å². The topological polar surface area (TPSA) is 59.2 Å². The molecule has 1 aliphatic rings. The zero-order chi connectivity index (χ0) is 17.8. The molecule has 0 spiro atoms. The van der Waals surface area contributed by atoms with Gasteiger partial charge in [-0.2, -0.15) is 0 Å². The number of amides is 1. The van der Waals surface area contributed by atoms with E-state index in [1.165, 1.54) is 5.56 Å². The van der Waals surface area contributed by atoms with Crippen LogP contribution >= 0.6 is 0 Å². The van der Waals surface area contributed by atoms with Crippen molar-refractivity contribution in [1.29, 1.82) is 0 Å². The second-order valence-electron chi connectivity index (χ2n) is 7.06. The van der Waals surface area contributed by atoms with E-state index in [1.54, 1.807) is 0 Å². The Balaban J connectivity index is 1.73. The third-order valence-electron chi connectivity index (χ3n) is 4.78. The number of benzene rings is 1. The molecule has 5 heteroatoms. The van der Waals surface area contributed by atoms with E-state index in [2.05, 4.69) is 29.3 Å². The fraction of sp³-hybridized carbons (Fsp3) is 0.550. The smallest absolute Gasteiger partial charge is 0.227 e. The summed E-state index contributed by atoms with van der Waals surface area (Å²) in [5.41, 5.74) is 2.34. The number of nitrogens with zero attached hydrogens (tertiary/aromatic N) is 3. The number of para-hydroxylation sites is 1. The summed E-state index contributed by atoms with van der Waals surface area (Å²) in [5, 5.41) is 8.11. The lowest BCUT2D eigenvalue weighted by atomic mass is 9.92. The van der Waals surface area contributed by atoms with Crippen LogP contribution in [0.4, 0.5) is 5.69 Å². The van der Waals surface area contributed by atoms with Crippen LogP contribution in [-0.2, 0) is 17.6 Å². The van der Waals surface area contributed by atoms with Crippen LogP contribution in [0.25, 0.3) is 0 Å². The zero-order valence-electron chi connectivity index (χ0n) is 15.4. The van der Waals surface area contributed by atoms with E-state index in [-0.39, 0.29) is 11.8 Å². The van der Waals surface area contributed by atoms with Crippen LogP contribution in [0.3, 0.4) is 0 Å². The summed E-state index contributed by atoms with van der Waals surface area (Å²) < 4.78 is 5.63.